The van der Waals surface area contributed by atoms with Crippen LogP contribution in [0.15, 0.2) is 24.7 Å². The molecule has 0 heterocycles. The maximum absolute atomic E-state index is 11.2. The van der Waals surface area contributed by atoms with E-state index >= 15 is 0 Å². The Morgan fingerprint density at radius 1 is 1.50 bits per heavy atom. The standard InChI is InChI=1S/C5H6FIO/c6-4-2-1-3-5-8-7/h2-5H,1H2. The molecular formula is C5H6FIO. The zero-order valence-electron chi connectivity index (χ0n) is 4.18. The zero-order chi connectivity index (χ0) is 6.24. The van der Waals surface area contributed by atoms with E-state index in [9.17, 15) is 4.39 Å². The van der Waals surface area contributed by atoms with Crippen LogP contribution >= 0.6 is 23.0 Å². The van der Waals surface area contributed by atoms with Crippen molar-refractivity contribution in [2.45, 2.75) is 6.42 Å². The van der Waals surface area contributed by atoms with Crippen molar-refractivity contribution in [2.24, 2.45) is 0 Å². The second-order valence-corrected chi connectivity index (χ2v) is 1.57. The van der Waals surface area contributed by atoms with E-state index in [-0.39, 0.29) is 0 Å². The molecule has 0 bridgehead atoms. The van der Waals surface area contributed by atoms with E-state index in [0.717, 1.165) is 0 Å². The molecule has 0 amide bonds. The van der Waals surface area contributed by atoms with Crippen molar-refractivity contribution in [3.05, 3.63) is 24.7 Å². The van der Waals surface area contributed by atoms with Crippen LogP contribution in [-0.4, -0.2) is 0 Å². The van der Waals surface area contributed by atoms with Gasteiger partial charge in [0.25, 0.3) is 0 Å². The lowest BCUT2D eigenvalue weighted by Gasteiger charge is -1.78. The smallest absolute Gasteiger partial charge is 0.191 e. The van der Waals surface area contributed by atoms with Crippen molar-refractivity contribution in [2.75, 3.05) is 0 Å². The van der Waals surface area contributed by atoms with Crippen LogP contribution < -0.4 is 0 Å². The van der Waals surface area contributed by atoms with Gasteiger partial charge in [-0.2, -0.15) is 0 Å². The second kappa shape index (κ2) is 6.94. The molecule has 0 aromatic carbocycles. The summed E-state index contributed by atoms with van der Waals surface area (Å²) in [6, 6.07) is 0. The molecule has 0 aromatic heterocycles. The second-order valence-electron chi connectivity index (χ2n) is 1.06. The van der Waals surface area contributed by atoms with Gasteiger partial charge in [-0.1, -0.05) is 6.08 Å². The molecule has 46 valence electrons. The van der Waals surface area contributed by atoms with Crippen LogP contribution in [0.25, 0.3) is 0 Å². The monoisotopic (exact) mass is 228 g/mol. The highest BCUT2D eigenvalue weighted by Crippen LogP contribution is 1.90. The third kappa shape index (κ3) is 5.94. The first kappa shape index (κ1) is 7.94. The highest BCUT2D eigenvalue weighted by Gasteiger charge is 1.67. The van der Waals surface area contributed by atoms with Crippen LogP contribution in [0.3, 0.4) is 0 Å². The van der Waals surface area contributed by atoms with Gasteiger partial charge in [-0.3, -0.25) is 0 Å². The average molecular weight is 228 g/mol. The van der Waals surface area contributed by atoms with Crippen LogP contribution in [0.2, 0.25) is 0 Å². The molecule has 0 radical (unpaired) electrons. The van der Waals surface area contributed by atoms with Crippen LogP contribution in [0.4, 0.5) is 4.39 Å². The van der Waals surface area contributed by atoms with Crippen LogP contribution in [0, 0.1) is 0 Å². The van der Waals surface area contributed by atoms with Gasteiger partial charge in [0.05, 0.1) is 12.6 Å². The Hall–Kier alpha value is -0.0600. The van der Waals surface area contributed by atoms with Crippen molar-refractivity contribution in [1.82, 2.24) is 0 Å². The first-order valence-electron chi connectivity index (χ1n) is 2.09. The summed E-state index contributed by atoms with van der Waals surface area (Å²) in [5, 5.41) is 0. The maximum atomic E-state index is 11.2. The van der Waals surface area contributed by atoms with Gasteiger partial charge in [0.15, 0.2) is 23.0 Å². The Kier molecular flexibility index (Phi) is 6.89. The van der Waals surface area contributed by atoms with Gasteiger partial charge in [-0.25, -0.2) is 4.39 Å². The fourth-order valence-corrected chi connectivity index (χ4v) is 0.430. The predicted octanol–water partition coefficient (Wildman–Crippen LogP) is 2.74. The topological polar surface area (TPSA) is 9.23 Å². The summed E-state index contributed by atoms with van der Waals surface area (Å²) >= 11 is 1.73. The molecule has 1 nitrogen and oxygen atoms in total. The van der Waals surface area contributed by atoms with E-state index in [1.165, 1.54) is 12.3 Å². The molecule has 0 aliphatic carbocycles. The molecule has 0 aliphatic rings. The van der Waals surface area contributed by atoms with Gasteiger partial charge in [0.2, 0.25) is 0 Å². The summed E-state index contributed by atoms with van der Waals surface area (Å²) in [5.41, 5.74) is 0. The Labute approximate surface area is 61.9 Å². The maximum Gasteiger partial charge on any atom is 0.191 e. The number of hydrogen-bond acceptors (Lipinski definition) is 1. The summed E-state index contributed by atoms with van der Waals surface area (Å²) in [6.45, 7) is 0. The normalized spacial score (nSPS) is 11.2. The van der Waals surface area contributed by atoms with Gasteiger partial charge >= 0.3 is 0 Å². The molecule has 0 saturated carbocycles. The van der Waals surface area contributed by atoms with Crippen molar-refractivity contribution in [3.63, 3.8) is 0 Å². The van der Waals surface area contributed by atoms with Gasteiger partial charge in [-0.05, 0) is 12.5 Å². The highest BCUT2D eigenvalue weighted by molar-refractivity contribution is 14.1. The minimum absolute atomic E-state index is 0.511. The summed E-state index contributed by atoms with van der Waals surface area (Å²) in [5.74, 6) is 0. The molecule has 0 saturated heterocycles. The average Bonchev–Trinajstić information content (AvgIpc) is 1.81. The Bertz CT molecular complexity index is 90.4. The van der Waals surface area contributed by atoms with Gasteiger partial charge in [-0.15, -0.1) is 0 Å². The fourth-order valence-electron chi connectivity index (χ4n) is 0.222. The largest absolute Gasteiger partial charge is 0.436 e. The van der Waals surface area contributed by atoms with Crippen molar-refractivity contribution < 1.29 is 7.46 Å². The Morgan fingerprint density at radius 2 is 2.25 bits per heavy atom. The van der Waals surface area contributed by atoms with Crippen LogP contribution in [0.1, 0.15) is 6.42 Å². The molecule has 0 fully saturated rings. The molecule has 3 heteroatoms. The molecule has 0 spiro atoms. The Morgan fingerprint density at radius 3 is 2.75 bits per heavy atom. The third-order valence-electron chi connectivity index (χ3n) is 0.509. The van der Waals surface area contributed by atoms with Crippen LogP contribution in [-0.2, 0) is 3.07 Å². The first-order chi connectivity index (χ1) is 3.91. The van der Waals surface area contributed by atoms with E-state index in [1.54, 1.807) is 29.1 Å². The van der Waals surface area contributed by atoms with Crippen LogP contribution in [0.5, 0.6) is 0 Å². The van der Waals surface area contributed by atoms with E-state index < -0.39 is 0 Å². The van der Waals surface area contributed by atoms with Gasteiger partial charge < -0.3 is 3.07 Å². The van der Waals surface area contributed by atoms with Crippen molar-refractivity contribution in [3.8, 4) is 0 Å². The number of hydrogen-bond donors (Lipinski definition) is 0. The SMILES string of the molecule is FC=CCC=COI. The zero-order valence-corrected chi connectivity index (χ0v) is 6.34. The lowest BCUT2D eigenvalue weighted by Crippen LogP contribution is -1.56. The molecule has 0 aromatic rings. The molecule has 0 unspecified atom stereocenters. The molecule has 8 heavy (non-hydrogen) atoms. The lowest BCUT2D eigenvalue weighted by molar-refractivity contribution is 0.633. The van der Waals surface area contributed by atoms with Gasteiger partial charge in [0.1, 0.15) is 0 Å². The number of allylic oxidation sites excluding steroid dienone is 2. The van der Waals surface area contributed by atoms with Gasteiger partial charge in [0, 0.05) is 0 Å². The molecule has 0 aliphatic heterocycles. The molecule has 0 atom stereocenters. The summed E-state index contributed by atoms with van der Waals surface area (Å²) < 4.78 is 15.7. The fraction of sp³-hybridized carbons (Fsp3) is 0.200. The van der Waals surface area contributed by atoms with E-state index in [2.05, 4.69) is 3.07 Å². The minimum atomic E-state index is 0.511. The minimum Gasteiger partial charge on any atom is -0.436 e. The van der Waals surface area contributed by atoms with Crippen molar-refractivity contribution in [1.29, 1.82) is 0 Å². The van der Waals surface area contributed by atoms with E-state index in [4.69, 9.17) is 0 Å². The number of halogens is 2. The molecule has 0 N–H and O–H groups in total. The first-order valence-corrected chi connectivity index (χ1v) is 2.97. The Balaban J connectivity index is 3.03. The quantitative estimate of drug-likeness (QED) is 0.533. The molecular weight excluding hydrogens is 222 g/mol. The third-order valence-corrected chi connectivity index (χ3v) is 0.803. The summed E-state index contributed by atoms with van der Waals surface area (Å²) in [6.07, 6.45) is 5.70. The molecule has 0 rings (SSSR count). The van der Waals surface area contributed by atoms with Crippen molar-refractivity contribution >= 4 is 23.0 Å². The van der Waals surface area contributed by atoms with E-state index in [1.807, 2.05) is 0 Å². The summed E-state index contributed by atoms with van der Waals surface area (Å²) in [4.78, 5) is 0. The van der Waals surface area contributed by atoms with E-state index in [0.29, 0.717) is 12.8 Å². The number of rotatable bonds is 3. The lowest BCUT2D eigenvalue weighted by atomic mass is 10.4. The highest BCUT2D eigenvalue weighted by atomic mass is 127. The summed E-state index contributed by atoms with van der Waals surface area (Å²) in [7, 11) is 0. The predicted molar refractivity (Wildman–Crippen MR) is 39.1 cm³/mol.